The zero-order chi connectivity index (χ0) is 13.3. The molecule has 0 aliphatic carbocycles. The number of aryl methyl sites for hydroxylation is 1. The molecule has 1 aliphatic heterocycles. The quantitative estimate of drug-likeness (QED) is 0.916. The average molecular weight is 333 g/mol. The summed E-state index contributed by atoms with van der Waals surface area (Å²) in [6.45, 7) is 3.56. The van der Waals surface area contributed by atoms with Crippen molar-refractivity contribution in [2.24, 2.45) is 11.7 Å². The van der Waals surface area contributed by atoms with E-state index in [2.05, 4.69) is 15.9 Å². The number of hydrogen-bond donors (Lipinski definition) is 1. The van der Waals surface area contributed by atoms with E-state index < -0.39 is 10.0 Å². The van der Waals surface area contributed by atoms with Crippen molar-refractivity contribution in [2.45, 2.75) is 18.2 Å². The first-order valence-electron chi connectivity index (χ1n) is 5.91. The van der Waals surface area contributed by atoms with E-state index in [9.17, 15) is 8.42 Å². The Kier molecular flexibility index (Phi) is 4.11. The Morgan fingerprint density at radius 1 is 1.50 bits per heavy atom. The van der Waals surface area contributed by atoms with Crippen LogP contribution in [0.25, 0.3) is 0 Å². The number of halogens is 1. The van der Waals surface area contributed by atoms with Gasteiger partial charge in [0.25, 0.3) is 0 Å². The van der Waals surface area contributed by atoms with Gasteiger partial charge in [0.1, 0.15) is 0 Å². The third-order valence-corrected chi connectivity index (χ3v) is 6.13. The molecular formula is C12H17BrN2O2S. The molecule has 100 valence electrons. The van der Waals surface area contributed by atoms with Crippen molar-refractivity contribution >= 4 is 26.0 Å². The van der Waals surface area contributed by atoms with Gasteiger partial charge < -0.3 is 5.73 Å². The lowest BCUT2D eigenvalue weighted by atomic mass is 10.1. The van der Waals surface area contributed by atoms with Gasteiger partial charge in [-0.1, -0.05) is 6.07 Å². The molecule has 1 heterocycles. The first-order chi connectivity index (χ1) is 8.45. The molecule has 0 saturated carbocycles. The van der Waals surface area contributed by atoms with E-state index in [-0.39, 0.29) is 5.92 Å². The van der Waals surface area contributed by atoms with Gasteiger partial charge in [-0.2, -0.15) is 4.31 Å². The van der Waals surface area contributed by atoms with Crippen molar-refractivity contribution in [1.82, 2.24) is 4.31 Å². The van der Waals surface area contributed by atoms with E-state index in [1.54, 1.807) is 6.07 Å². The SMILES string of the molecule is Cc1ccc(S(=O)(=O)N2CC[C@@H](CN)C2)c(Br)c1. The van der Waals surface area contributed by atoms with Crippen LogP contribution < -0.4 is 5.73 Å². The van der Waals surface area contributed by atoms with Gasteiger partial charge >= 0.3 is 0 Å². The van der Waals surface area contributed by atoms with Crippen molar-refractivity contribution < 1.29 is 8.42 Å². The molecular weight excluding hydrogens is 316 g/mol. The predicted octanol–water partition coefficient (Wildman–Crippen LogP) is 1.73. The normalized spacial score (nSPS) is 21.4. The van der Waals surface area contributed by atoms with Crippen LogP contribution in [0.5, 0.6) is 0 Å². The maximum Gasteiger partial charge on any atom is 0.244 e. The number of nitrogens with two attached hydrogens (primary N) is 1. The molecule has 0 aromatic heterocycles. The maximum absolute atomic E-state index is 12.5. The molecule has 1 saturated heterocycles. The number of sulfonamides is 1. The molecule has 0 spiro atoms. The maximum atomic E-state index is 12.5. The second kappa shape index (κ2) is 5.28. The van der Waals surface area contributed by atoms with Crippen LogP contribution in [0.15, 0.2) is 27.6 Å². The van der Waals surface area contributed by atoms with E-state index in [1.165, 1.54) is 4.31 Å². The summed E-state index contributed by atoms with van der Waals surface area (Å²) in [4.78, 5) is 0.339. The second-order valence-corrected chi connectivity index (χ2v) is 7.45. The van der Waals surface area contributed by atoms with Gasteiger partial charge in [-0.15, -0.1) is 0 Å². The third kappa shape index (κ3) is 2.61. The molecule has 0 radical (unpaired) electrons. The summed E-state index contributed by atoms with van der Waals surface area (Å²) in [6, 6.07) is 5.29. The van der Waals surface area contributed by atoms with Gasteiger partial charge in [-0.25, -0.2) is 8.42 Å². The molecule has 0 unspecified atom stereocenters. The third-order valence-electron chi connectivity index (χ3n) is 3.29. The summed E-state index contributed by atoms with van der Waals surface area (Å²) in [5.41, 5.74) is 6.63. The average Bonchev–Trinajstić information content (AvgIpc) is 2.77. The number of hydrogen-bond acceptors (Lipinski definition) is 3. The Balaban J connectivity index is 2.31. The Morgan fingerprint density at radius 3 is 2.78 bits per heavy atom. The van der Waals surface area contributed by atoms with Crippen molar-refractivity contribution in [2.75, 3.05) is 19.6 Å². The van der Waals surface area contributed by atoms with Gasteiger partial charge in [0.2, 0.25) is 10.0 Å². The summed E-state index contributed by atoms with van der Waals surface area (Å²) < 4.78 is 27.1. The molecule has 18 heavy (non-hydrogen) atoms. The van der Waals surface area contributed by atoms with Crippen molar-refractivity contribution in [3.63, 3.8) is 0 Å². The van der Waals surface area contributed by atoms with Crippen LogP contribution in [0.1, 0.15) is 12.0 Å². The summed E-state index contributed by atoms with van der Waals surface area (Å²) in [5, 5.41) is 0. The van der Waals surface area contributed by atoms with Gasteiger partial charge in [0.05, 0.1) is 4.90 Å². The van der Waals surface area contributed by atoms with Gasteiger partial charge in [-0.05, 0) is 59.4 Å². The van der Waals surface area contributed by atoms with E-state index >= 15 is 0 Å². The Hall–Kier alpha value is -0.430. The predicted molar refractivity (Wildman–Crippen MR) is 74.8 cm³/mol. The topological polar surface area (TPSA) is 63.4 Å². The fourth-order valence-corrected chi connectivity index (χ4v) is 4.85. The first-order valence-corrected chi connectivity index (χ1v) is 8.15. The van der Waals surface area contributed by atoms with Gasteiger partial charge in [0.15, 0.2) is 0 Å². The summed E-state index contributed by atoms with van der Waals surface area (Å²) >= 11 is 3.33. The van der Waals surface area contributed by atoms with Crippen LogP contribution in [0.4, 0.5) is 0 Å². The van der Waals surface area contributed by atoms with E-state index in [0.29, 0.717) is 29.0 Å². The largest absolute Gasteiger partial charge is 0.330 e. The first kappa shape index (κ1) is 14.0. The second-order valence-electron chi connectivity index (χ2n) is 4.69. The van der Waals surface area contributed by atoms with Crippen molar-refractivity contribution in [1.29, 1.82) is 0 Å². The molecule has 1 aliphatic rings. The Bertz CT molecular complexity index is 545. The van der Waals surface area contributed by atoms with Crippen LogP contribution in [-0.4, -0.2) is 32.4 Å². The summed E-state index contributed by atoms with van der Waals surface area (Å²) in [7, 11) is -3.40. The van der Waals surface area contributed by atoms with Crippen LogP contribution in [0, 0.1) is 12.8 Å². The van der Waals surface area contributed by atoms with E-state index in [4.69, 9.17) is 5.73 Å². The highest BCUT2D eigenvalue weighted by Gasteiger charge is 2.32. The highest BCUT2D eigenvalue weighted by atomic mass is 79.9. The number of rotatable bonds is 3. The minimum Gasteiger partial charge on any atom is -0.330 e. The smallest absolute Gasteiger partial charge is 0.244 e. The lowest BCUT2D eigenvalue weighted by Gasteiger charge is -2.17. The Labute approximate surface area is 116 Å². The lowest BCUT2D eigenvalue weighted by molar-refractivity contribution is 0.458. The fraction of sp³-hybridized carbons (Fsp3) is 0.500. The van der Waals surface area contributed by atoms with Crippen molar-refractivity contribution in [3.05, 3.63) is 28.2 Å². The molecule has 2 N–H and O–H groups in total. The molecule has 1 fully saturated rings. The van der Waals surface area contributed by atoms with Crippen molar-refractivity contribution in [3.8, 4) is 0 Å². The molecule has 4 nitrogen and oxygen atoms in total. The highest BCUT2D eigenvalue weighted by Crippen LogP contribution is 2.29. The van der Waals surface area contributed by atoms with Crippen LogP contribution in [0.3, 0.4) is 0 Å². The van der Waals surface area contributed by atoms with Crippen LogP contribution in [-0.2, 0) is 10.0 Å². The molecule has 0 bridgehead atoms. The molecule has 6 heteroatoms. The minimum absolute atomic E-state index is 0.281. The van der Waals surface area contributed by atoms with E-state index in [1.807, 2.05) is 19.1 Å². The highest BCUT2D eigenvalue weighted by molar-refractivity contribution is 9.10. The molecule has 1 aromatic rings. The molecule has 1 atom stereocenters. The standard InChI is InChI=1S/C12H17BrN2O2S/c1-9-2-3-12(11(13)6-9)18(16,17)15-5-4-10(7-14)8-15/h2-3,6,10H,4-5,7-8,14H2,1H3/t10-/m0/s1. The minimum atomic E-state index is -3.40. The number of benzene rings is 1. The summed E-state index contributed by atoms with van der Waals surface area (Å²) in [6.07, 6.45) is 0.846. The van der Waals surface area contributed by atoms with Gasteiger partial charge in [-0.3, -0.25) is 0 Å². The molecule has 0 amide bonds. The Morgan fingerprint density at radius 2 is 2.22 bits per heavy atom. The zero-order valence-corrected chi connectivity index (χ0v) is 12.7. The van der Waals surface area contributed by atoms with Gasteiger partial charge in [0, 0.05) is 17.6 Å². The monoisotopic (exact) mass is 332 g/mol. The van der Waals surface area contributed by atoms with Crippen LogP contribution >= 0.6 is 15.9 Å². The summed E-state index contributed by atoms with van der Waals surface area (Å²) in [5.74, 6) is 0.281. The molecule has 1 aromatic carbocycles. The van der Waals surface area contributed by atoms with E-state index in [0.717, 1.165) is 12.0 Å². The lowest BCUT2D eigenvalue weighted by Crippen LogP contribution is -2.30. The number of nitrogens with zero attached hydrogens (tertiary/aromatic N) is 1. The zero-order valence-electron chi connectivity index (χ0n) is 10.3. The van der Waals surface area contributed by atoms with Crippen LogP contribution in [0.2, 0.25) is 0 Å². The fourth-order valence-electron chi connectivity index (χ4n) is 2.16. The molecule has 2 rings (SSSR count).